The molecule has 0 unspecified atom stereocenters. The van der Waals surface area contributed by atoms with Crippen LogP contribution in [0.5, 0.6) is 0 Å². The molecule has 1 aromatic carbocycles. The van der Waals surface area contributed by atoms with Crippen molar-refractivity contribution in [1.82, 2.24) is 0 Å². The molecular formula is C17H22O2. The maximum absolute atomic E-state index is 8.64. The highest BCUT2D eigenvalue weighted by Crippen LogP contribution is 2.26. The second-order valence-corrected chi connectivity index (χ2v) is 5.35. The van der Waals surface area contributed by atoms with Crippen LogP contribution in [0.3, 0.4) is 0 Å². The van der Waals surface area contributed by atoms with Crippen LogP contribution in [-0.4, -0.2) is 17.8 Å². The lowest BCUT2D eigenvalue weighted by Crippen LogP contribution is -2.20. The molecule has 1 saturated carbocycles. The first-order valence-electron chi connectivity index (χ1n) is 7.08. The van der Waals surface area contributed by atoms with E-state index in [1.54, 1.807) is 0 Å². The van der Waals surface area contributed by atoms with Crippen molar-refractivity contribution in [2.24, 2.45) is 5.92 Å². The summed E-state index contributed by atoms with van der Waals surface area (Å²) >= 11 is 0. The van der Waals surface area contributed by atoms with Crippen LogP contribution in [0.4, 0.5) is 0 Å². The van der Waals surface area contributed by atoms with Gasteiger partial charge >= 0.3 is 0 Å². The van der Waals surface area contributed by atoms with Gasteiger partial charge in [0.15, 0.2) is 0 Å². The van der Waals surface area contributed by atoms with Crippen molar-refractivity contribution < 1.29 is 9.84 Å². The molecule has 0 aliphatic heterocycles. The number of hydrogen-bond acceptors (Lipinski definition) is 2. The third kappa shape index (κ3) is 4.70. The maximum Gasteiger partial charge on any atom is 0.104 e. The zero-order valence-electron chi connectivity index (χ0n) is 11.6. The van der Waals surface area contributed by atoms with Crippen molar-refractivity contribution in [3.63, 3.8) is 0 Å². The van der Waals surface area contributed by atoms with Crippen LogP contribution < -0.4 is 0 Å². The third-order valence-corrected chi connectivity index (χ3v) is 3.71. The van der Waals surface area contributed by atoms with Crippen LogP contribution in [-0.2, 0) is 11.3 Å². The number of aliphatic hydroxyl groups excluding tert-OH is 1. The summed E-state index contributed by atoms with van der Waals surface area (Å²) in [6, 6.07) is 8.05. The molecule has 0 aromatic heterocycles. The van der Waals surface area contributed by atoms with E-state index >= 15 is 0 Å². The van der Waals surface area contributed by atoms with E-state index in [1.165, 1.54) is 31.2 Å². The average Bonchev–Trinajstić information content (AvgIpc) is 2.46. The number of rotatable bonds is 3. The highest BCUT2D eigenvalue weighted by molar-refractivity contribution is 5.36. The maximum atomic E-state index is 8.64. The van der Waals surface area contributed by atoms with Crippen LogP contribution >= 0.6 is 0 Å². The predicted octanol–water partition coefficient (Wildman–Crippen LogP) is 3.13. The first kappa shape index (κ1) is 14.1. The quantitative estimate of drug-likeness (QED) is 0.844. The fourth-order valence-electron chi connectivity index (χ4n) is 2.44. The fraction of sp³-hybridized carbons (Fsp3) is 0.529. The van der Waals surface area contributed by atoms with Crippen molar-refractivity contribution in [1.29, 1.82) is 0 Å². The summed E-state index contributed by atoms with van der Waals surface area (Å²) in [4.78, 5) is 0. The van der Waals surface area contributed by atoms with E-state index in [-0.39, 0.29) is 6.61 Å². The Kier molecular flexibility index (Phi) is 5.44. The molecule has 0 bridgehead atoms. The van der Waals surface area contributed by atoms with E-state index < -0.39 is 0 Å². The topological polar surface area (TPSA) is 29.5 Å². The smallest absolute Gasteiger partial charge is 0.104 e. The standard InChI is InChI=1S/C17H22O2/c1-14-4-10-17(11-5-14)19-13-16-8-6-15(7-9-16)3-2-12-18/h6-9,14,17-18H,4-5,10-13H2,1H3. The van der Waals surface area contributed by atoms with Gasteiger partial charge in [0.1, 0.15) is 6.61 Å². The molecule has 0 spiro atoms. The van der Waals surface area contributed by atoms with Gasteiger partial charge < -0.3 is 9.84 Å². The number of aliphatic hydroxyl groups is 1. The van der Waals surface area contributed by atoms with E-state index in [4.69, 9.17) is 9.84 Å². The SMILES string of the molecule is CC1CCC(OCc2ccc(C#CCO)cc2)CC1. The summed E-state index contributed by atoms with van der Waals surface area (Å²) in [6.07, 6.45) is 5.41. The van der Waals surface area contributed by atoms with Gasteiger partial charge in [0, 0.05) is 5.56 Å². The van der Waals surface area contributed by atoms with Crippen molar-refractivity contribution in [2.45, 2.75) is 45.3 Å². The average molecular weight is 258 g/mol. The van der Waals surface area contributed by atoms with Crippen molar-refractivity contribution in [3.8, 4) is 11.8 Å². The van der Waals surface area contributed by atoms with Crippen LogP contribution in [0.25, 0.3) is 0 Å². The molecule has 19 heavy (non-hydrogen) atoms. The lowest BCUT2D eigenvalue weighted by molar-refractivity contribution is 0.00877. The van der Waals surface area contributed by atoms with E-state index in [0.29, 0.717) is 12.7 Å². The zero-order chi connectivity index (χ0) is 13.5. The third-order valence-electron chi connectivity index (χ3n) is 3.71. The summed E-state index contributed by atoms with van der Waals surface area (Å²) in [6.45, 7) is 2.92. The van der Waals surface area contributed by atoms with E-state index in [1.807, 2.05) is 24.3 Å². The highest BCUT2D eigenvalue weighted by Gasteiger charge is 2.18. The molecule has 1 aliphatic carbocycles. The molecule has 0 atom stereocenters. The van der Waals surface area contributed by atoms with Gasteiger partial charge in [-0.25, -0.2) is 0 Å². The van der Waals surface area contributed by atoms with Crippen molar-refractivity contribution in [2.75, 3.05) is 6.61 Å². The van der Waals surface area contributed by atoms with Crippen molar-refractivity contribution in [3.05, 3.63) is 35.4 Å². The van der Waals surface area contributed by atoms with Gasteiger partial charge in [0.25, 0.3) is 0 Å². The summed E-state index contributed by atoms with van der Waals surface area (Å²) in [7, 11) is 0. The van der Waals surface area contributed by atoms with Gasteiger partial charge in [0.2, 0.25) is 0 Å². The van der Waals surface area contributed by atoms with Crippen LogP contribution in [0, 0.1) is 17.8 Å². The lowest BCUT2D eigenvalue weighted by atomic mass is 9.89. The number of benzene rings is 1. The normalized spacial score (nSPS) is 22.6. The Morgan fingerprint density at radius 1 is 1.16 bits per heavy atom. The monoisotopic (exact) mass is 258 g/mol. The molecule has 2 rings (SSSR count). The molecule has 0 amide bonds. The molecule has 0 radical (unpaired) electrons. The molecule has 1 N–H and O–H groups in total. The zero-order valence-corrected chi connectivity index (χ0v) is 11.6. The first-order valence-corrected chi connectivity index (χ1v) is 7.08. The van der Waals surface area contributed by atoms with Gasteiger partial charge in [-0.2, -0.15) is 0 Å². The Bertz CT molecular complexity index is 431. The minimum Gasteiger partial charge on any atom is -0.384 e. The van der Waals surface area contributed by atoms with Gasteiger partial charge in [-0.05, 0) is 49.3 Å². The predicted molar refractivity (Wildman–Crippen MR) is 76.6 cm³/mol. The van der Waals surface area contributed by atoms with Gasteiger partial charge in [0.05, 0.1) is 12.7 Å². The minimum absolute atomic E-state index is 0.0923. The van der Waals surface area contributed by atoms with Gasteiger partial charge in [-0.1, -0.05) is 30.9 Å². The van der Waals surface area contributed by atoms with Crippen LogP contribution in [0.1, 0.15) is 43.7 Å². The Hall–Kier alpha value is -1.30. The van der Waals surface area contributed by atoms with Gasteiger partial charge in [-0.15, -0.1) is 0 Å². The van der Waals surface area contributed by atoms with Crippen molar-refractivity contribution >= 4 is 0 Å². The molecule has 1 aliphatic rings. The molecule has 1 fully saturated rings. The summed E-state index contributed by atoms with van der Waals surface area (Å²) in [5, 5.41) is 8.64. The Balaban J connectivity index is 1.80. The molecule has 1 aromatic rings. The fourth-order valence-corrected chi connectivity index (χ4v) is 2.44. The lowest BCUT2D eigenvalue weighted by Gasteiger charge is -2.26. The Morgan fingerprint density at radius 3 is 2.47 bits per heavy atom. The highest BCUT2D eigenvalue weighted by atomic mass is 16.5. The number of hydrogen-bond donors (Lipinski definition) is 1. The molecule has 0 saturated heterocycles. The van der Waals surface area contributed by atoms with E-state index in [2.05, 4.69) is 18.8 Å². The molecule has 102 valence electrons. The number of ether oxygens (including phenoxy) is 1. The molecule has 0 heterocycles. The Labute approximate surface area is 115 Å². The summed E-state index contributed by atoms with van der Waals surface area (Å²) < 4.78 is 5.96. The van der Waals surface area contributed by atoms with E-state index in [0.717, 1.165) is 11.5 Å². The molecule has 2 nitrogen and oxygen atoms in total. The Morgan fingerprint density at radius 2 is 1.84 bits per heavy atom. The summed E-state index contributed by atoms with van der Waals surface area (Å²) in [5.74, 6) is 6.40. The second-order valence-electron chi connectivity index (χ2n) is 5.35. The largest absolute Gasteiger partial charge is 0.384 e. The molecular weight excluding hydrogens is 236 g/mol. The molecule has 2 heteroatoms. The van der Waals surface area contributed by atoms with E-state index in [9.17, 15) is 0 Å². The van der Waals surface area contributed by atoms with Crippen LogP contribution in [0.2, 0.25) is 0 Å². The summed E-state index contributed by atoms with van der Waals surface area (Å²) in [5.41, 5.74) is 2.12. The second kappa shape index (κ2) is 7.33. The minimum atomic E-state index is -0.0923. The first-order chi connectivity index (χ1) is 9.28. The van der Waals surface area contributed by atoms with Gasteiger partial charge in [-0.3, -0.25) is 0 Å². The van der Waals surface area contributed by atoms with Crippen LogP contribution in [0.15, 0.2) is 24.3 Å².